The Kier molecular flexibility index (Phi) is 9.64. The molecule has 0 aromatic rings. The van der Waals surface area contributed by atoms with Gasteiger partial charge in [0.05, 0.1) is 0 Å². The Labute approximate surface area is 72.7 Å². The van der Waals surface area contributed by atoms with Gasteiger partial charge in [0.15, 0.2) is 4.96 Å². The predicted molar refractivity (Wildman–Crippen MR) is 45.7 cm³/mol. The Hall–Kier alpha value is 0.830. The Morgan fingerprint density at radius 2 is 1.56 bits per heavy atom. The van der Waals surface area contributed by atoms with Crippen molar-refractivity contribution in [1.29, 1.82) is 0 Å². The molecule has 0 rings (SSSR count). The van der Waals surface area contributed by atoms with Crippen LogP contribution in [0.4, 0.5) is 0 Å². The SMILES string of the molecule is CCN(CC)C(Cl)Cl.Cl. The highest BCUT2D eigenvalue weighted by Crippen LogP contribution is 2.07. The minimum Gasteiger partial charge on any atom is -0.276 e. The van der Waals surface area contributed by atoms with Crippen LogP contribution in [-0.4, -0.2) is 22.9 Å². The van der Waals surface area contributed by atoms with E-state index >= 15 is 0 Å². The Bertz CT molecular complexity index is 54.2. The van der Waals surface area contributed by atoms with Crippen LogP contribution in [0.1, 0.15) is 13.8 Å². The molecule has 0 saturated heterocycles. The van der Waals surface area contributed by atoms with Crippen molar-refractivity contribution in [2.24, 2.45) is 0 Å². The number of hydrogen-bond donors (Lipinski definition) is 0. The van der Waals surface area contributed by atoms with E-state index in [2.05, 4.69) is 0 Å². The van der Waals surface area contributed by atoms with Crippen LogP contribution in [-0.2, 0) is 0 Å². The first-order valence-corrected chi connectivity index (χ1v) is 3.61. The van der Waals surface area contributed by atoms with Crippen LogP contribution in [0.15, 0.2) is 0 Å². The molecule has 0 aromatic heterocycles. The summed E-state index contributed by atoms with van der Waals surface area (Å²) in [7, 11) is 0. The Balaban J connectivity index is 0. The maximum absolute atomic E-state index is 5.54. The van der Waals surface area contributed by atoms with E-state index in [4.69, 9.17) is 23.2 Å². The van der Waals surface area contributed by atoms with Crippen molar-refractivity contribution in [3.05, 3.63) is 0 Å². The summed E-state index contributed by atoms with van der Waals surface area (Å²) >= 11 is 11.1. The van der Waals surface area contributed by atoms with Crippen LogP contribution in [0.25, 0.3) is 0 Å². The maximum atomic E-state index is 5.54. The van der Waals surface area contributed by atoms with E-state index in [1.54, 1.807) is 0 Å². The van der Waals surface area contributed by atoms with Crippen molar-refractivity contribution in [1.82, 2.24) is 4.90 Å². The highest BCUT2D eigenvalue weighted by Gasteiger charge is 2.05. The molecule has 0 bridgehead atoms. The molecule has 0 heterocycles. The largest absolute Gasteiger partial charge is 0.276 e. The minimum atomic E-state index is -0.343. The van der Waals surface area contributed by atoms with Crippen LogP contribution in [0.3, 0.4) is 0 Å². The lowest BCUT2D eigenvalue weighted by atomic mass is 10.6. The highest BCUT2D eigenvalue weighted by molar-refractivity contribution is 6.43. The van der Waals surface area contributed by atoms with Crippen LogP contribution in [0.2, 0.25) is 0 Å². The Morgan fingerprint density at radius 3 is 1.56 bits per heavy atom. The number of rotatable bonds is 3. The van der Waals surface area contributed by atoms with Crippen LogP contribution in [0, 0.1) is 0 Å². The number of alkyl halides is 2. The molecular weight excluding hydrogens is 180 g/mol. The lowest BCUT2D eigenvalue weighted by Crippen LogP contribution is -2.26. The van der Waals surface area contributed by atoms with Gasteiger partial charge in [0.25, 0.3) is 0 Å². The first kappa shape index (κ1) is 12.5. The summed E-state index contributed by atoms with van der Waals surface area (Å²) in [6.45, 7) is 5.88. The number of nitrogens with zero attached hydrogens (tertiary/aromatic N) is 1. The minimum absolute atomic E-state index is 0. The molecule has 0 N–H and O–H groups in total. The van der Waals surface area contributed by atoms with Gasteiger partial charge < -0.3 is 0 Å². The molecule has 0 aliphatic rings. The van der Waals surface area contributed by atoms with Gasteiger partial charge in [-0.25, -0.2) is 0 Å². The fourth-order valence-corrected chi connectivity index (χ4v) is 1.05. The van der Waals surface area contributed by atoms with Gasteiger partial charge in [0.1, 0.15) is 0 Å². The van der Waals surface area contributed by atoms with Crippen LogP contribution < -0.4 is 0 Å². The molecule has 0 aromatic carbocycles. The standard InChI is InChI=1S/C5H11Cl2N.ClH/c1-3-8(4-2)5(6)7;/h5H,3-4H2,1-2H3;1H. The van der Waals surface area contributed by atoms with Crippen molar-refractivity contribution in [3.63, 3.8) is 0 Å². The smallest absolute Gasteiger partial charge is 0.160 e. The van der Waals surface area contributed by atoms with Crippen LogP contribution >= 0.6 is 35.6 Å². The molecule has 1 nitrogen and oxygen atoms in total. The van der Waals surface area contributed by atoms with Gasteiger partial charge in [0.2, 0.25) is 0 Å². The summed E-state index contributed by atoms with van der Waals surface area (Å²) in [5, 5.41) is 0. The topological polar surface area (TPSA) is 3.24 Å². The zero-order valence-corrected chi connectivity index (χ0v) is 7.93. The lowest BCUT2D eigenvalue weighted by molar-refractivity contribution is 0.331. The van der Waals surface area contributed by atoms with Crippen molar-refractivity contribution in [2.45, 2.75) is 18.8 Å². The normalized spacial score (nSPS) is 10.0. The summed E-state index contributed by atoms with van der Waals surface area (Å²) in [5.41, 5.74) is 0. The second-order valence-electron chi connectivity index (χ2n) is 1.50. The third-order valence-electron chi connectivity index (χ3n) is 1.09. The summed E-state index contributed by atoms with van der Waals surface area (Å²) in [6, 6.07) is 0. The van der Waals surface area contributed by atoms with Gasteiger partial charge in [-0.3, -0.25) is 4.90 Å². The fraction of sp³-hybridized carbons (Fsp3) is 1.00. The van der Waals surface area contributed by atoms with Crippen molar-refractivity contribution >= 4 is 35.6 Å². The summed E-state index contributed by atoms with van der Waals surface area (Å²) in [5.74, 6) is 0. The quantitative estimate of drug-likeness (QED) is 0.491. The van der Waals surface area contributed by atoms with E-state index < -0.39 is 0 Å². The highest BCUT2D eigenvalue weighted by atomic mass is 35.5. The molecule has 0 aliphatic carbocycles. The van der Waals surface area contributed by atoms with Gasteiger partial charge in [-0.2, -0.15) is 0 Å². The zero-order chi connectivity index (χ0) is 6.57. The summed E-state index contributed by atoms with van der Waals surface area (Å²) in [4.78, 5) is 1.60. The first-order valence-electron chi connectivity index (χ1n) is 2.74. The lowest BCUT2D eigenvalue weighted by Gasteiger charge is -2.17. The molecule has 0 spiro atoms. The predicted octanol–water partition coefficient (Wildman–Crippen LogP) is 2.51. The summed E-state index contributed by atoms with van der Waals surface area (Å²) < 4.78 is 0. The van der Waals surface area contributed by atoms with E-state index in [1.165, 1.54) is 0 Å². The second kappa shape index (κ2) is 6.94. The molecular formula is C5H12Cl3N. The molecule has 4 heteroatoms. The van der Waals surface area contributed by atoms with Crippen molar-refractivity contribution in [3.8, 4) is 0 Å². The van der Waals surface area contributed by atoms with Gasteiger partial charge in [-0.05, 0) is 13.1 Å². The third-order valence-corrected chi connectivity index (χ3v) is 1.64. The Morgan fingerprint density at radius 1 is 1.22 bits per heavy atom. The van der Waals surface area contributed by atoms with Crippen molar-refractivity contribution in [2.75, 3.05) is 13.1 Å². The van der Waals surface area contributed by atoms with E-state index in [-0.39, 0.29) is 17.4 Å². The molecule has 0 atom stereocenters. The third kappa shape index (κ3) is 5.28. The van der Waals surface area contributed by atoms with E-state index in [1.807, 2.05) is 18.7 Å². The molecule has 9 heavy (non-hydrogen) atoms. The second-order valence-corrected chi connectivity index (χ2v) is 2.55. The molecule has 0 aliphatic heterocycles. The van der Waals surface area contributed by atoms with Crippen LogP contribution in [0.5, 0.6) is 0 Å². The average Bonchev–Trinajstić information content (AvgIpc) is 1.69. The molecule has 0 radical (unpaired) electrons. The van der Waals surface area contributed by atoms with Gasteiger partial charge >= 0.3 is 0 Å². The molecule has 0 amide bonds. The van der Waals surface area contributed by atoms with E-state index in [0.717, 1.165) is 13.1 Å². The monoisotopic (exact) mass is 191 g/mol. The maximum Gasteiger partial charge on any atom is 0.160 e. The average molecular weight is 193 g/mol. The van der Waals surface area contributed by atoms with Crippen molar-refractivity contribution < 1.29 is 0 Å². The fourth-order valence-electron chi connectivity index (χ4n) is 0.500. The van der Waals surface area contributed by atoms with Gasteiger partial charge in [-0.15, -0.1) is 12.4 Å². The van der Waals surface area contributed by atoms with E-state index in [9.17, 15) is 0 Å². The molecule has 0 saturated carbocycles. The number of halogens is 3. The molecule has 0 fully saturated rings. The number of hydrogen-bond acceptors (Lipinski definition) is 1. The van der Waals surface area contributed by atoms with Gasteiger partial charge in [-0.1, -0.05) is 37.0 Å². The summed E-state index contributed by atoms with van der Waals surface area (Å²) in [6.07, 6.45) is 0. The van der Waals surface area contributed by atoms with E-state index in [0.29, 0.717) is 0 Å². The molecule has 0 unspecified atom stereocenters. The zero-order valence-electron chi connectivity index (χ0n) is 5.60. The van der Waals surface area contributed by atoms with Gasteiger partial charge in [0, 0.05) is 0 Å². The first-order chi connectivity index (χ1) is 3.72. The molecule has 58 valence electrons.